The van der Waals surface area contributed by atoms with Crippen molar-refractivity contribution in [2.45, 2.75) is 59.2 Å². The highest BCUT2D eigenvalue weighted by molar-refractivity contribution is 7.80. The molecule has 0 spiro atoms. The molecule has 1 aromatic carbocycles. The van der Waals surface area contributed by atoms with E-state index in [1.165, 1.54) is 0 Å². The van der Waals surface area contributed by atoms with E-state index in [4.69, 9.17) is 17.0 Å². The maximum atomic E-state index is 12.6. The number of rotatable bonds is 5. The van der Waals surface area contributed by atoms with Crippen LogP contribution in [0.4, 0.5) is 11.4 Å². The third-order valence-electron chi connectivity index (χ3n) is 6.32. The molecule has 190 valence electrons. The Balaban J connectivity index is 1.77. The van der Waals surface area contributed by atoms with E-state index in [2.05, 4.69) is 64.3 Å². The van der Waals surface area contributed by atoms with Crippen molar-refractivity contribution in [3.8, 4) is 5.75 Å². The fraction of sp³-hybridized carbons (Fsp3) is 0.393. The number of amides is 1. The van der Waals surface area contributed by atoms with Gasteiger partial charge < -0.3 is 24.8 Å². The SMILES string of the molecule is COc1cc(N2C(=S)N[C@@H](c3ccccn3)[C@H]2c2ccn(C(C)(C)C)c2)ccc1NC(=O)C(C)(C)C. The zero-order chi connectivity index (χ0) is 26.3. The van der Waals surface area contributed by atoms with Crippen LogP contribution in [0.25, 0.3) is 0 Å². The molecule has 0 radical (unpaired) electrons. The van der Waals surface area contributed by atoms with Crippen LogP contribution in [0.15, 0.2) is 61.1 Å². The number of carbonyl (C=O) groups excluding carboxylic acids is 1. The molecule has 36 heavy (non-hydrogen) atoms. The lowest BCUT2D eigenvalue weighted by Crippen LogP contribution is -2.30. The van der Waals surface area contributed by atoms with Gasteiger partial charge in [0.05, 0.1) is 30.6 Å². The van der Waals surface area contributed by atoms with E-state index in [9.17, 15) is 4.79 Å². The van der Waals surface area contributed by atoms with Crippen LogP contribution < -0.4 is 20.3 Å². The summed E-state index contributed by atoms with van der Waals surface area (Å²) in [5.74, 6) is 0.490. The molecule has 2 aromatic heterocycles. The Labute approximate surface area is 218 Å². The largest absolute Gasteiger partial charge is 0.494 e. The number of aromatic nitrogens is 2. The van der Waals surface area contributed by atoms with E-state index < -0.39 is 5.41 Å². The number of ether oxygens (including phenoxy) is 1. The molecule has 8 heteroatoms. The Morgan fingerprint density at radius 3 is 2.44 bits per heavy atom. The molecule has 1 aliphatic rings. The summed E-state index contributed by atoms with van der Waals surface area (Å²) in [4.78, 5) is 19.3. The van der Waals surface area contributed by atoms with Crippen molar-refractivity contribution >= 4 is 34.6 Å². The predicted octanol–water partition coefficient (Wildman–Crippen LogP) is 5.81. The van der Waals surface area contributed by atoms with Crippen molar-refractivity contribution < 1.29 is 9.53 Å². The van der Waals surface area contributed by atoms with E-state index in [0.717, 1.165) is 16.9 Å². The van der Waals surface area contributed by atoms with Gasteiger partial charge in [0.15, 0.2) is 5.11 Å². The van der Waals surface area contributed by atoms with Crippen molar-refractivity contribution in [2.75, 3.05) is 17.3 Å². The smallest absolute Gasteiger partial charge is 0.229 e. The Kier molecular flexibility index (Phi) is 6.84. The third-order valence-corrected chi connectivity index (χ3v) is 6.64. The van der Waals surface area contributed by atoms with Crippen molar-refractivity contribution in [3.63, 3.8) is 0 Å². The lowest BCUT2D eigenvalue weighted by molar-refractivity contribution is -0.123. The highest BCUT2D eigenvalue weighted by atomic mass is 32.1. The molecule has 4 rings (SSSR count). The first-order valence-electron chi connectivity index (χ1n) is 12.1. The first-order valence-corrected chi connectivity index (χ1v) is 12.5. The number of anilines is 2. The summed E-state index contributed by atoms with van der Waals surface area (Å²) < 4.78 is 7.89. The van der Waals surface area contributed by atoms with Crippen molar-refractivity contribution in [3.05, 3.63) is 72.3 Å². The summed E-state index contributed by atoms with van der Waals surface area (Å²) in [6.07, 6.45) is 6.09. The molecule has 1 fully saturated rings. The number of pyridine rings is 1. The minimum Gasteiger partial charge on any atom is -0.494 e. The van der Waals surface area contributed by atoms with E-state index in [1.54, 1.807) is 13.3 Å². The van der Waals surface area contributed by atoms with Gasteiger partial charge in [-0.1, -0.05) is 26.8 Å². The number of thiocarbonyl (C=S) groups is 1. The van der Waals surface area contributed by atoms with Gasteiger partial charge in [0.1, 0.15) is 5.75 Å². The molecule has 7 nitrogen and oxygen atoms in total. The standard InChI is InChI=1S/C28H35N5O2S/c1-27(2,3)25(34)30-20-12-11-19(16-22(20)35-7)33-24(18-13-15-32(17-18)28(4,5)6)23(31-26(33)36)21-10-8-9-14-29-21/h8-17,23-24H,1-7H3,(H,30,34)(H,31,36)/t23-,24+/m0/s1. The maximum Gasteiger partial charge on any atom is 0.229 e. The Morgan fingerprint density at radius 1 is 1.11 bits per heavy atom. The molecule has 1 amide bonds. The van der Waals surface area contributed by atoms with Crippen LogP contribution in [0, 0.1) is 5.41 Å². The topological polar surface area (TPSA) is 71.4 Å². The van der Waals surface area contributed by atoms with Gasteiger partial charge in [-0.2, -0.15) is 0 Å². The van der Waals surface area contributed by atoms with E-state index in [0.29, 0.717) is 16.5 Å². The van der Waals surface area contributed by atoms with Gasteiger partial charge in [-0.25, -0.2) is 0 Å². The number of nitrogens with zero attached hydrogens (tertiary/aromatic N) is 3. The summed E-state index contributed by atoms with van der Waals surface area (Å²) in [5, 5.41) is 7.08. The van der Waals surface area contributed by atoms with Crippen LogP contribution >= 0.6 is 12.2 Å². The molecule has 0 unspecified atom stereocenters. The Hall–Kier alpha value is -3.39. The Morgan fingerprint density at radius 2 is 1.86 bits per heavy atom. The molecular formula is C28H35N5O2S. The Bertz CT molecular complexity index is 1260. The minimum atomic E-state index is -0.522. The molecule has 2 atom stereocenters. The fourth-order valence-corrected chi connectivity index (χ4v) is 4.57. The fourth-order valence-electron chi connectivity index (χ4n) is 4.22. The molecular weight excluding hydrogens is 470 g/mol. The van der Waals surface area contributed by atoms with Crippen LogP contribution in [0.2, 0.25) is 0 Å². The second-order valence-electron chi connectivity index (χ2n) is 11.1. The zero-order valence-corrected chi connectivity index (χ0v) is 22.8. The van der Waals surface area contributed by atoms with Crippen molar-refractivity contribution in [2.24, 2.45) is 5.41 Å². The lowest BCUT2D eigenvalue weighted by atomic mass is 9.95. The number of hydrogen-bond donors (Lipinski definition) is 2. The number of carbonyl (C=O) groups is 1. The summed E-state index contributed by atoms with van der Waals surface area (Å²) in [6, 6.07) is 13.5. The van der Waals surface area contributed by atoms with Gasteiger partial charge in [0.2, 0.25) is 5.91 Å². The van der Waals surface area contributed by atoms with Gasteiger partial charge in [0, 0.05) is 41.3 Å². The highest BCUT2D eigenvalue weighted by Gasteiger charge is 2.41. The molecule has 1 aliphatic heterocycles. The quantitative estimate of drug-likeness (QED) is 0.427. The van der Waals surface area contributed by atoms with Crippen LogP contribution in [-0.2, 0) is 10.3 Å². The molecule has 2 N–H and O–H groups in total. The first kappa shape index (κ1) is 25.7. The molecule has 0 aliphatic carbocycles. The number of hydrogen-bond acceptors (Lipinski definition) is 4. The van der Waals surface area contributed by atoms with Gasteiger partial charge in [-0.3, -0.25) is 9.78 Å². The molecule has 0 saturated carbocycles. The number of nitrogens with one attached hydrogen (secondary N) is 2. The van der Waals surface area contributed by atoms with E-state index >= 15 is 0 Å². The molecule has 3 aromatic rings. The van der Waals surface area contributed by atoms with Crippen LogP contribution in [0.3, 0.4) is 0 Å². The minimum absolute atomic E-state index is 0.0494. The predicted molar refractivity (Wildman–Crippen MR) is 148 cm³/mol. The molecule has 1 saturated heterocycles. The van der Waals surface area contributed by atoms with E-state index in [1.807, 2.05) is 57.2 Å². The number of methoxy groups -OCH3 is 1. The average molecular weight is 506 g/mol. The summed E-state index contributed by atoms with van der Waals surface area (Å²) in [6.45, 7) is 12.2. The maximum absolute atomic E-state index is 12.6. The van der Waals surface area contributed by atoms with Gasteiger partial charge in [-0.05, 0) is 68.9 Å². The van der Waals surface area contributed by atoms with Gasteiger partial charge in [-0.15, -0.1) is 0 Å². The molecule has 3 heterocycles. The summed E-state index contributed by atoms with van der Waals surface area (Å²) >= 11 is 5.86. The van der Waals surface area contributed by atoms with Crippen LogP contribution in [0.1, 0.15) is 64.9 Å². The first-order chi connectivity index (χ1) is 16.9. The monoisotopic (exact) mass is 505 g/mol. The summed E-state index contributed by atoms with van der Waals surface area (Å²) in [5.41, 5.74) is 2.95. The van der Waals surface area contributed by atoms with Gasteiger partial charge in [0.25, 0.3) is 0 Å². The highest BCUT2D eigenvalue weighted by Crippen LogP contribution is 2.43. The molecule has 0 bridgehead atoms. The van der Waals surface area contributed by atoms with E-state index in [-0.39, 0.29) is 23.5 Å². The summed E-state index contributed by atoms with van der Waals surface area (Å²) in [7, 11) is 1.60. The second-order valence-corrected chi connectivity index (χ2v) is 11.5. The normalized spacial score (nSPS) is 18.2. The van der Waals surface area contributed by atoms with Gasteiger partial charge >= 0.3 is 0 Å². The van der Waals surface area contributed by atoms with Crippen molar-refractivity contribution in [1.29, 1.82) is 0 Å². The zero-order valence-electron chi connectivity index (χ0n) is 22.0. The third kappa shape index (κ3) is 5.09. The van der Waals surface area contributed by atoms with Crippen molar-refractivity contribution in [1.82, 2.24) is 14.9 Å². The average Bonchev–Trinajstić information content (AvgIpc) is 3.44. The van der Waals surface area contributed by atoms with Crippen LogP contribution in [0.5, 0.6) is 5.75 Å². The van der Waals surface area contributed by atoms with Crippen LogP contribution in [-0.4, -0.2) is 27.7 Å². The lowest BCUT2D eigenvalue weighted by Gasteiger charge is -2.28. The second kappa shape index (κ2) is 9.58. The number of benzene rings is 1.